The summed E-state index contributed by atoms with van der Waals surface area (Å²) in [7, 11) is 0. The lowest BCUT2D eigenvalue weighted by atomic mass is 9.83. The highest BCUT2D eigenvalue weighted by Crippen LogP contribution is 2.48. The third kappa shape index (κ3) is 3.72. The topological polar surface area (TPSA) is 119 Å². The quantitative estimate of drug-likeness (QED) is 0.451. The van der Waals surface area contributed by atoms with Crippen LogP contribution in [0.2, 0.25) is 0 Å². The first-order chi connectivity index (χ1) is 12.9. The average Bonchev–Trinajstić information content (AvgIpc) is 2.94. The van der Waals surface area contributed by atoms with E-state index >= 15 is 0 Å². The van der Waals surface area contributed by atoms with Crippen LogP contribution in [0, 0.1) is 11.8 Å². The second-order valence-electron chi connectivity index (χ2n) is 7.37. The van der Waals surface area contributed by atoms with Gasteiger partial charge in [-0.2, -0.15) is 0 Å². The van der Waals surface area contributed by atoms with Crippen molar-refractivity contribution in [3.8, 4) is 0 Å². The number of carboxylic acid groups (broad SMARTS) is 1. The second-order valence-corrected chi connectivity index (χ2v) is 8.70. The minimum absolute atomic E-state index is 0.00698. The number of thioether (sulfide) groups is 1. The van der Waals surface area contributed by atoms with Crippen LogP contribution in [0.25, 0.3) is 0 Å². The highest BCUT2D eigenvalue weighted by molar-refractivity contribution is 8.03. The molecule has 2 amide bonds. The van der Waals surface area contributed by atoms with E-state index in [9.17, 15) is 24.6 Å². The molecule has 0 aromatic carbocycles. The molecule has 2 saturated heterocycles. The Morgan fingerprint density at radius 2 is 2.19 bits per heavy atom. The molecule has 3 aliphatic rings. The Labute approximate surface area is 162 Å². The Morgan fingerprint density at radius 1 is 1.44 bits per heavy atom. The number of nitrogens with zero attached hydrogens (tertiary/aromatic N) is 1. The van der Waals surface area contributed by atoms with Crippen LogP contribution in [0.4, 0.5) is 0 Å². The van der Waals surface area contributed by atoms with Crippen LogP contribution in [0.1, 0.15) is 33.1 Å². The molecule has 8 nitrogen and oxygen atoms in total. The zero-order valence-electron chi connectivity index (χ0n) is 15.6. The first-order valence-electron chi connectivity index (χ1n) is 9.49. The zero-order chi connectivity index (χ0) is 19.7. The first kappa shape index (κ1) is 20.2. The van der Waals surface area contributed by atoms with E-state index in [4.69, 9.17) is 0 Å². The maximum Gasteiger partial charge on any atom is 0.353 e. The van der Waals surface area contributed by atoms with Gasteiger partial charge in [0.15, 0.2) is 0 Å². The van der Waals surface area contributed by atoms with Gasteiger partial charge in [-0.15, -0.1) is 11.8 Å². The molecule has 0 aromatic rings. The molecule has 4 N–H and O–H groups in total. The number of aliphatic hydroxyl groups is 1. The standard InChI is InChI=1S/C18H27N3O5S/c1-3-5-20-16(23)10-4-6-19-8-13(10)27-12-7-11-14(9(2)22)17(24)21(11)15(12)18(25)26/h9-11,13-14,19,22H,3-8H2,1-2H3,(H,20,23)(H,25,26)/t9-,10+,11-,13-,14-/m1/s1. The Bertz CT molecular complexity index is 665. The van der Waals surface area contributed by atoms with Crippen molar-refractivity contribution in [3.05, 3.63) is 10.6 Å². The van der Waals surface area contributed by atoms with E-state index in [-0.39, 0.29) is 34.7 Å². The third-order valence-electron chi connectivity index (χ3n) is 5.50. The van der Waals surface area contributed by atoms with E-state index in [0.29, 0.717) is 30.8 Å². The van der Waals surface area contributed by atoms with Crippen molar-refractivity contribution in [1.29, 1.82) is 0 Å². The van der Waals surface area contributed by atoms with Gasteiger partial charge in [-0.25, -0.2) is 4.79 Å². The van der Waals surface area contributed by atoms with Crippen LogP contribution in [0.15, 0.2) is 10.6 Å². The van der Waals surface area contributed by atoms with Gasteiger partial charge in [0.05, 0.1) is 24.0 Å². The fourth-order valence-corrected chi connectivity index (χ4v) is 5.71. The number of piperidine rings is 1. The van der Waals surface area contributed by atoms with Crippen LogP contribution in [-0.2, 0) is 14.4 Å². The van der Waals surface area contributed by atoms with E-state index in [1.54, 1.807) is 6.92 Å². The molecule has 0 saturated carbocycles. The van der Waals surface area contributed by atoms with Crippen molar-refractivity contribution >= 4 is 29.5 Å². The Morgan fingerprint density at radius 3 is 2.81 bits per heavy atom. The number of aliphatic carboxylic acids is 1. The third-order valence-corrected chi connectivity index (χ3v) is 6.94. The van der Waals surface area contributed by atoms with E-state index in [0.717, 1.165) is 13.0 Å². The fourth-order valence-electron chi connectivity index (χ4n) is 4.15. The molecule has 3 aliphatic heterocycles. The lowest BCUT2D eigenvalue weighted by Crippen LogP contribution is -2.61. The number of amides is 2. The number of hydrogen-bond acceptors (Lipinski definition) is 6. The van der Waals surface area contributed by atoms with Gasteiger partial charge in [0, 0.05) is 29.7 Å². The van der Waals surface area contributed by atoms with E-state index in [1.807, 2.05) is 6.92 Å². The van der Waals surface area contributed by atoms with Crippen molar-refractivity contribution in [2.24, 2.45) is 11.8 Å². The number of β-lactam (4-membered cyclic amide) rings is 1. The largest absolute Gasteiger partial charge is 0.477 e. The molecule has 0 unspecified atom stereocenters. The van der Waals surface area contributed by atoms with E-state index < -0.39 is 18.0 Å². The van der Waals surface area contributed by atoms with E-state index in [1.165, 1.54) is 16.7 Å². The first-order valence-corrected chi connectivity index (χ1v) is 10.4. The van der Waals surface area contributed by atoms with Crippen LogP contribution in [0.5, 0.6) is 0 Å². The number of hydrogen-bond donors (Lipinski definition) is 4. The zero-order valence-corrected chi connectivity index (χ0v) is 16.4. The van der Waals surface area contributed by atoms with Crippen molar-refractivity contribution in [2.45, 2.75) is 50.5 Å². The van der Waals surface area contributed by atoms with Gasteiger partial charge in [-0.3, -0.25) is 9.59 Å². The molecule has 0 aliphatic carbocycles. The van der Waals surface area contributed by atoms with Gasteiger partial charge in [-0.05, 0) is 26.3 Å². The number of carboxylic acids is 1. The minimum atomic E-state index is -1.13. The molecule has 27 heavy (non-hydrogen) atoms. The molecule has 150 valence electrons. The molecule has 3 heterocycles. The number of fused-ring (bicyclic) bond motifs is 1. The molecule has 9 heteroatoms. The van der Waals surface area contributed by atoms with Gasteiger partial charge in [-0.1, -0.05) is 6.92 Å². The Balaban J connectivity index is 1.77. The average molecular weight is 397 g/mol. The molecule has 0 aromatic heterocycles. The lowest BCUT2D eigenvalue weighted by Gasteiger charge is -2.44. The van der Waals surface area contributed by atoms with Crippen molar-refractivity contribution in [1.82, 2.24) is 15.5 Å². The summed E-state index contributed by atoms with van der Waals surface area (Å²) in [6, 6.07) is -0.296. The molecular weight excluding hydrogens is 370 g/mol. The molecular formula is C18H27N3O5S. The molecule has 0 bridgehead atoms. The maximum atomic E-state index is 12.5. The highest BCUT2D eigenvalue weighted by Gasteiger charge is 2.57. The van der Waals surface area contributed by atoms with Crippen LogP contribution in [0.3, 0.4) is 0 Å². The molecule has 5 atom stereocenters. The predicted molar refractivity (Wildman–Crippen MR) is 101 cm³/mol. The van der Waals surface area contributed by atoms with Crippen molar-refractivity contribution in [3.63, 3.8) is 0 Å². The SMILES string of the molecule is CCCNC(=O)[C@H]1CCNC[C@H]1SC1=C(C(=O)O)N2C(=O)[C@H]([C@@H](C)O)[C@H]2C1. The number of carbonyl (C=O) groups is 3. The van der Waals surface area contributed by atoms with Crippen molar-refractivity contribution in [2.75, 3.05) is 19.6 Å². The second kappa shape index (κ2) is 8.20. The number of rotatable bonds is 7. The van der Waals surface area contributed by atoms with Gasteiger partial charge >= 0.3 is 5.97 Å². The molecule has 0 radical (unpaired) electrons. The maximum absolute atomic E-state index is 12.5. The molecule has 3 rings (SSSR count). The monoisotopic (exact) mass is 397 g/mol. The summed E-state index contributed by atoms with van der Waals surface area (Å²) in [5.41, 5.74) is 0.0187. The normalized spacial score (nSPS) is 31.4. The predicted octanol–water partition coefficient (Wildman–Crippen LogP) is 0.132. The summed E-state index contributed by atoms with van der Waals surface area (Å²) < 4.78 is 0. The number of aliphatic hydroxyl groups excluding tert-OH is 1. The van der Waals surface area contributed by atoms with Crippen LogP contribution < -0.4 is 10.6 Å². The van der Waals surface area contributed by atoms with Crippen LogP contribution in [-0.4, -0.2) is 69.9 Å². The van der Waals surface area contributed by atoms with Gasteiger partial charge in [0.1, 0.15) is 5.70 Å². The van der Waals surface area contributed by atoms with E-state index in [2.05, 4.69) is 10.6 Å². The Hall–Kier alpha value is -1.58. The lowest BCUT2D eigenvalue weighted by molar-refractivity contribution is -0.161. The molecule has 2 fully saturated rings. The smallest absolute Gasteiger partial charge is 0.353 e. The summed E-state index contributed by atoms with van der Waals surface area (Å²) in [5.74, 6) is -2.20. The summed E-state index contributed by atoms with van der Waals surface area (Å²) in [6.07, 6.45) is 1.18. The Kier molecular flexibility index (Phi) is 6.12. The fraction of sp³-hybridized carbons (Fsp3) is 0.722. The summed E-state index contributed by atoms with van der Waals surface area (Å²) in [4.78, 5) is 38.6. The number of carbonyl (C=O) groups excluding carboxylic acids is 2. The minimum Gasteiger partial charge on any atom is -0.477 e. The summed E-state index contributed by atoms with van der Waals surface area (Å²) in [5, 5.41) is 25.6. The van der Waals surface area contributed by atoms with Crippen molar-refractivity contribution < 1.29 is 24.6 Å². The highest BCUT2D eigenvalue weighted by atomic mass is 32.2. The van der Waals surface area contributed by atoms with Gasteiger partial charge in [0.25, 0.3) is 0 Å². The van der Waals surface area contributed by atoms with Crippen LogP contribution >= 0.6 is 11.8 Å². The summed E-state index contributed by atoms with van der Waals surface area (Å²) in [6.45, 7) is 5.55. The van der Waals surface area contributed by atoms with Gasteiger partial charge < -0.3 is 25.7 Å². The summed E-state index contributed by atoms with van der Waals surface area (Å²) >= 11 is 1.40. The number of nitrogens with one attached hydrogen (secondary N) is 2. The molecule has 0 spiro atoms. The van der Waals surface area contributed by atoms with Gasteiger partial charge in [0.2, 0.25) is 11.8 Å².